The van der Waals surface area contributed by atoms with Gasteiger partial charge in [0.05, 0.1) is 11.2 Å². The van der Waals surface area contributed by atoms with E-state index in [2.05, 4.69) is 20.3 Å². The Balaban J connectivity index is 1.68. The quantitative estimate of drug-likeness (QED) is 0.539. The fourth-order valence-corrected chi connectivity index (χ4v) is 2.13. The van der Waals surface area contributed by atoms with Crippen LogP contribution in [0.2, 0.25) is 0 Å². The Kier molecular flexibility index (Phi) is 3.12. The van der Waals surface area contributed by atoms with Crippen LogP contribution in [0.15, 0.2) is 36.7 Å². The summed E-state index contributed by atoms with van der Waals surface area (Å²) in [5, 5.41) is 3.78. The van der Waals surface area contributed by atoms with E-state index < -0.39 is 0 Å². The largest absolute Gasteiger partial charge is 0.397 e. The standard InChI is InChI=1S/C14H15N5O/c15-10-3-1-2-9-8-11(19-13(9)10)14(20)18-5-4-12-16-6-7-17-12/h1-3,6-8,19H,4-5,15H2,(H,16,17)(H,18,20). The highest BCUT2D eigenvalue weighted by Crippen LogP contribution is 2.20. The van der Waals surface area contributed by atoms with Crippen LogP contribution in [0.25, 0.3) is 10.9 Å². The summed E-state index contributed by atoms with van der Waals surface area (Å²) in [4.78, 5) is 22.2. The van der Waals surface area contributed by atoms with Gasteiger partial charge in [-0.05, 0) is 12.1 Å². The number of hydrogen-bond acceptors (Lipinski definition) is 3. The van der Waals surface area contributed by atoms with E-state index in [1.54, 1.807) is 24.5 Å². The molecule has 6 heteroatoms. The normalized spacial score (nSPS) is 10.8. The first-order chi connectivity index (χ1) is 9.74. The van der Waals surface area contributed by atoms with Crippen LogP contribution in [0.5, 0.6) is 0 Å². The molecule has 3 aromatic rings. The summed E-state index contributed by atoms with van der Waals surface area (Å²) < 4.78 is 0. The zero-order valence-electron chi connectivity index (χ0n) is 10.8. The van der Waals surface area contributed by atoms with Gasteiger partial charge < -0.3 is 21.0 Å². The maximum atomic E-state index is 12.0. The van der Waals surface area contributed by atoms with Crippen molar-refractivity contribution >= 4 is 22.5 Å². The van der Waals surface area contributed by atoms with Crippen molar-refractivity contribution in [2.75, 3.05) is 12.3 Å². The average molecular weight is 269 g/mol. The predicted molar refractivity (Wildman–Crippen MR) is 77.3 cm³/mol. The number of nitrogens with zero attached hydrogens (tertiary/aromatic N) is 1. The van der Waals surface area contributed by atoms with Gasteiger partial charge in [-0.1, -0.05) is 12.1 Å². The number of aromatic amines is 2. The number of hydrogen-bond donors (Lipinski definition) is 4. The van der Waals surface area contributed by atoms with Crippen molar-refractivity contribution in [2.45, 2.75) is 6.42 Å². The second kappa shape index (κ2) is 5.08. The van der Waals surface area contributed by atoms with Crippen LogP contribution in [0.1, 0.15) is 16.3 Å². The third-order valence-corrected chi connectivity index (χ3v) is 3.14. The number of nitrogens with one attached hydrogen (secondary N) is 3. The number of para-hydroxylation sites is 1. The number of benzene rings is 1. The maximum absolute atomic E-state index is 12.0. The molecule has 0 bridgehead atoms. The summed E-state index contributed by atoms with van der Waals surface area (Å²) in [6.07, 6.45) is 4.12. The first-order valence-corrected chi connectivity index (χ1v) is 6.38. The molecule has 0 saturated carbocycles. The molecule has 0 aliphatic rings. The van der Waals surface area contributed by atoms with Crippen LogP contribution < -0.4 is 11.1 Å². The van der Waals surface area contributed by atoms with E-state index in [1.165, 1.54) is 0 Å². The molecule has 3 rings (SSSR count). The number of rotatable bonds is 4. The number of nitrogen functional groups attached to an aromatic ring is 1. The molecule has 0 spiro atoms. The van der Waals surface area contributed by atoms with Crippen LogP contribution in [0, 0.1) is 0 Å². The molecule has 2 heterocycles. The Bertz CT molecular complexity index is 729. The number of imidazole rings is 1. The van der Waals surface area contributed by atoms with Crippen LogP contribution in [0.4, 0.5) is 5.69 Å². The molecule has 0 radical (unpaired) electrons. The summed E-state index contributed by atoms with van der Waals surface area (Å²) >= 11 is 0. The fourth-order valence-electron chi connectivity index (χ4n) is 2.13. The summed E-state index contributed by atoms with van der Waals surface area (Å²) in [7, 11) is 0. The van der Waals surface area contributed by atoms with E-state index in [9.17, 15) is 4.79 Å². The van der Waals surface area contributed by atoms with Gasteiger partial charge in [-0.15, -0.1) is 0 Å². The number of anilines is 1. The molecule has 0 aliphatic heterocycles. The lowest BCUT2D eigenvalue weighted by atomic mass is 10.2. The van der Waals surface area contributed by atoms with E-state index in [1.807, 2.05) is 12.1 Å². The van der Waals surface area contributed by atoms with Gasteiger partial charge >= 0.3 is 0 Å². The minimum atomic E-state index is -0.146. The minimum absolute atomic E-state index is 0.146. The topological polar surface area (TPSA) is 99.6 Å². The molecule has 1 aromatic carbocycles. The maximum Gasteiger partial charge on any atom is 0.267 e. The smallest absolute Gasteiger partial charge is 0.267 e. The summed E-state index contributed by atoms with van der Waals surface area (Å²) in [5.74, 6) is 0.707. The summed E-state index contributed by atoms with van der Waals surface area (Å²) in [6, 6.07) is 7.39. The van der Waals surface area contributed by atoms with E-state index in [-0.39, 0.29) is 5.91 Å². The number of carbonyl (C=O) groups is 1. The lowest BCUT2D eigenvalue weighted by Crippen LogP contribution is -2.26. The lowest BCUT2D eigenvalue weighted by molar-refractivity contribution is 0.0950. The van der Waals surface area contributed by atoms with Crippen LogP contribution in [-0.4, -0.2) is 27.4 Å². The van der Waals surface area contributed by atoms with Gasteiger partial charge in [0.25, 0.3) is 5.91 Å². The summed E-state index contributed by atoms with van der Waals surface area (Å²) in [6.45, 7) is 0.525. The highest BCUT2D eigenvalue weighted by atomic mass is 16.1. The third-order valence-electron chi connectivity index (χ3n) is 3.14. The van der Waals surface area contributed by atoms with Gasteiger partial charge in [-0.3, -0.25) is 4.79 Å². The molecule has 2 aromatic heterocycles. The molecule has 1 amide bonds. The van der Waals surface area contributed by atoms with E-state index in [4.69, 9.17) is 5.73 Å². The molecule has 0 atom stereocenters. The molecule has 0 fully saturated rings. The number of carbonyl (C=O) groups excluding carboxylic acids is 1. The number of aromatic nitrogens is 3. The highest BCUT2D eigenvalue weighted by Gasteiger charge is 2.10. The van der Waals surface area contributed by atoms with E-state index in [0.29, 0.717) is 24.3 Å². The molecular formula is C14H15N5O. The van der Waals surface area contributed by atoms with Gasteiger partial charge in [0.15, 0.2) is 0 Å². The van der Waals surface area contributed by atoms with Crippen molar-refractivity contribution < 1.29 is 4.79 Å². The third kappa shape index (κ3) is 2.35. The highest BCUT2D eigenvalue weighted by molar-refractivity contribution is 6.00. The molecule has 20 heavy (non-hydrogen) atoms. The predicted octanol–water partition coefficient (Wildman–Crippen LogP) is 1.45. The Hall–Kier alpha value is -2.76. The Morgan fingerprint density at radius 2 is 2.30 bits per heavy atom. The van der Waals surface area contributed by atoms with Crippen molar-refractivity contribution in [3.63, 3.8) is 0 Å². The van der Waals surface area contributed by atoms with E-state index in [0.717, 1.165) is 16.7 Å². The zero-order valence-corrected chi connectivity index (χ0v) is 10.8. The number of amides is 1. The number of nitrogens with two attached hydrogens (primary N) is 1. The second-order valence-electron chi connectivity index (χ2n) is 4.54. The van der Waals surface area contributed by atoms with Crippen molar-refractivity contribution in [1.82, 2.24) is 20.3 Å². The Morgan fingerprint density at radius 3 is 3.05 bits per heavy atom. The minimum Gasteiger partial charge on any atom is -0.397 e. The molecule has 6 nitrogen and oxygen atoms in total. The first-order valence-electron chi connectivity index (χ1n) is 6.38. The number of fused-ring (bicyclic) bond motifs is 1. The van der Waals surface area contributed by atoms with Crippen molar-refractivity contribution in [3.8, 4) is 0 Å². The lowest BCUT2D eigenvalue weighted by Gasteiger charge is -2.01. The SMILES string of the molecule is Nc1cccc2cc(C(=O)NCCc3ncc[nH]3)[nH]c12. The van der Waals surface area contributed by atoms with Crippen molar-refractivity contribution in [2.24, 2.45) is 0 Å². The Labute approximate surface area is 115 Å². The summed E-state index contributed by atoms with van der Waals surface area (Å²) in [5.41, 5.74) is 7.80. The number of H-pyrrole nitrogens is 2. The molecule has 5 N–H and O–H groups in total. The van der Waals surface area contributed by atoms with Crippen molar-refractivity contribution in [3.05, 3.63) is 48.2 Å². The molecule has 0 saturated heterocycles. The first kappa shape index (κ1) is 12.3. The van der Waals surface area contributed by atoms with Gasteiger partial charge in [-0.25, -0.2) is 4.98 Å². The molecule has 0 unspecified atom stereocenters. The van der Waals surface area contributed by atoms with Crippen LogP contribution in [-0.2, 0) is 6.42 Å². The Morgan fingerprint density at radius 1 is 1.40 bits per heavy atom. The van der Waals surface area contributed by atoms with Gasteiger partial charge in [0.1, 0.15) is 11.5 Å². The van der Waals surface area contributed by atoms with Crippen molar-refractivity contribution in [1.29, 1.82) is 0 Å². The second-order valence-corrected chi connectivity index (χ2v) is 4.54. The van der Waals surface area contributed by atoms with E-state index >= 15 is 0 Å². The fraction of sp³-hybridized carbons (Fsp3) is 0.143. The van der Waals surface area contributed by atoms with Crippen LogP contribution >= 0.6 is 0 Å². The molecule has 0 aliphatic carbocycles. The molecule has 102 valence electrons. The monoisotopic (exact) mass is 269 g/mol. The molecular weight excluding hydrogens is 254 g/mol. The van der Waals surface area contributed by atoms with Crippen LogP contribution in [0.3, 0.4) is 0 Å². The zero-order chi connectivity index (χ0) is 13.9. The van der Waals surface area contributed by atoms with Gasteiger partial charge in [-0.2, -0.15) is 0 Å². The van der Waals surface area contributed by atoms with Gasteiger partial charge in [0, 0.05) is 30.7 Å². The van der Waals surface area contributed by atoms with Gasteiger partial charge in [0.2, 0.25) is 0 Å². The average Bonchev–Trinajstić information content (AvgIpc) is 3.07.